The van der Waals surface area contributed by atoms with Gasteiger partial charge < -0.3 is 14.5 Å². The third-order valence-corrected chi connectivity index (χ3v) is 4.72. The zero-order valence-electron chi connectivity index (χ0n) is 16.8. The minimum atomic E-state index is -0.110. The number of hydrogen-bond acceptors (Lipinski definition) is 5. The minimum absolute atomic E-state index is 0.110. The largest absolute Gasteiger partial charge is 0.496 e. The fraction of sp³-hybridized carbons (Fsp3) is 0.174. The molecule has 1 amide bonds. The van der Waals surface area contributed by atoms with E-state index in [9.17, 15) is 4.79 Å². The Hall–Kier alpha value is -3.87. The second kappa shape index (κ2) is 8.65. The number of rotatable bonds is 7. The van der Waals surface area contributed by atoms with Crippen LogP contribution in [0.25, 0.3) is 11.5 Å². The molecule has 7 nitrogen and oxygen atoms in total. The van der Waals surface area contributed by atoms with Crippen LogP contribution in [-0.2, 0) is 17.8 Å². The molecule has 2 aromatic heterocycles. The number of ether oxygens (including phenoxy) is 1. The van der Waals surface area contributed by atoms with Crippen LogP contribution < -0.4 is 10.1 Å². The van der Waals surface area contributed by atoms with Crippen molar-refractivity contribution in [2.24, 2.45) is 0 Å². The predicted molar refractivity (Wildman–Crippen MR) is 113 cm³/mol. The highest BCUT2D eigenvalue weighted by Gasteiger charge is 2.13. The Morgan fingerprint density at radius 3 is 2.67 bits per heavy atom. The number of hydrogen-bond donors (Lipinski definition) is 1. The van der Waals surface area contributed by atoms with Crippen LogP contribution in [0.3, 0.4) is 0 Å². The number of aryl methyl sites for hydroxylation is 1. The number of methoxy groups -OCH3 is 1. The number of para-hydroxylation sites is 1. The van der Waals surface area contributed by atoms with Crippen molar-refractivity contribution in [1.82, 2.24) is 14.8 Å². The maximum Gasteiger partial charge on any atom is 0.228 e. The molecule has 2 heterocycles. The van der Waals surface area contributed by atoms with Gasteiger partial charge in [-0.2, -0.15) is 5.10 Å². The molecule has 0 radical (unpaired) electrons. The van der Waals surface area contributed by atoms with Gasteiger partial charge in [0.25, 0.3) is 0 Å². The van der Waals surface area contributed by atoms with Crippen molar-refractivity contribution in [3.63, 3.8) is 0 Å². The van der Waals surface area contributed by atoms with E-state index in [2.05, 4.69) is 15.4 Å². The molecule has 0 unspecified atom stereocenters. The number of amides is 1. The molecule has 0 aliphatic carbocycles. The molecule has 1 N–H and O–H groups in total. The lowest BCUT2D eigenvalue weighted by Crippen LogP contribution is -2.14. The molecule has 152 valence electrons. The van der Waals surface area contributed by atoms with E-state index in [4.69, 9.17) is 9.15 Å². The number of anilines is 1. The van der Waals surface area contributed by atoms with Gasteiger partial charge in [0.1, 0.15) is 17.2 Å². The molecule has 0 spiro atoms. The first-order valence-electron chi connectivity index (χ1n) is 9.58. The van der Waals surface area contributed by atoms with E-state index in [1.807, 2.05) is 67.7 Å². The summed E-state index contributed by atoms with van der Waals surface area (Å²) in [7, 11) is 1.60. The van der Waals surface area contributed by atoms with Crippen LogP contribution in [0.1, 0.15) is 17.0 Å². The standard InChI is InChI=1S/C23H22N4O3/c1-16-20(15-27-13-5-12-24-27)26-23(30-16)17-8-10-19(11-9-17)25-22(28)14-18-6-3-4-7-21(18)29-2/h3-13H,14-15H2,1-2H3,(H,25,28). The Morgan fingerprint density at radius 2 is 1.93 bits per heavy atom. The highest BCUT2D eigenvalue weighted by Crippen LogP contribution is 2.24. The van der Waals surface area contributed by atoms with Crippen molar-refractivity contribution < 1.29 is 13.9 Å². The molecule has 30 heavy (non-hydrogen) atoms. The molecule has 0 atom stereocenters. The molecule has 2 aromatic carbocycles. The second-order valence-corrected chi connectivity index (χ2v) is 6.84. The van der Waals surface area contributed by atoms with Crippen LogP contribution >= 0.6 is 0 Å². The van der Waals surface area contributed by atoms with Crippen molar-refractivity contribution in [3.05, 3.63) is 84.0 Å². The monoisotopic (exact) mass is 402 g/mol. The maximum absolute atomic E-state index is 12.4. The van der Waals surface area contributed by atoms with Gasteiger partial charge in [0, 0.05) is 29.2 Å². The van der Waals surface area contributed by atoms with Crippen molar-refractivity contribution >= 4 is 11.6 Å². The Morgan fingerprint density at radius 1 is 1.13 bits per heavy atom. The van der Waals surface area contributed by atoms with Crippen molar-refractivity contribution in [1.29, 1.82) is 0 Å². The molecule has 0 saturated heterocycles. The van der Waals surface area contributed by atoms with E-state index in [0.717, 1.165) is 22.6 Å². The Kier molecular flexibility index (Phi) is 5.61. The molecule has 4 aromatic rings. The van der Waals surface area contributed by atoms with Gasteiger partial charge in [-0.25, -0.2) is 4.98 Å². The topological polar surface area (TPSA) is 82.2 Å². The molecular formula is C23H22N4O3. The molecule has 0 fully saturated rings. The van der Waals surface area contributed by atoms with E-state index < -0.39 is 0 Å². The van der Waals surface area contributed by atoms with Gasteiger partial charge in [-0.1, -0.05) is 18.2 Å². The second-order valence-electron chi connectivity index (χ2n) is 6.84. The zero-order valence-corrected chi connectivity index (χ0v) is 16.8. The zero-order chi connectivity index (χ0) is 20.9. The number of nitrogens with zero attached hydrogens (tertiary/aromatic N) is 3. The van der Waals surface area contributed by atoms with E-state index >= 15 is 0 Å². The van der Waals surface area contributed by atoms with Crippen LogP contribution in [0.5, 0.6) is 5.75 Å². The fourth-order valence-corrected chi connectivity index (χ4v) is 3.17. The highest BCUT2D eigenvalue weighted by molar-refractivity contribution is 5.92. The van der Waals surface area contributed by atoms with Crippen LogP contribution in [-0.4, -0.2) is 27.8 Å². The number of carbonyl (C=O) groups is 1. The first kappa shape index (κ1) is 19.4. The van der Waals surface area contributed by atoms with Gasteiger partial charge in [-0.05, 0) is 43.3 Å². The van der Waals surface area contributed by atoms with Gasteiger partial charge in [0.15, 0.2) is 0 Å². The number of oxazole rings is 1. The van der Waals surface area contributed by atoms with Gasteiger partial charge in [-0.15, -0.1) is 0 Å². The summed E-state index contributed by atoms with van der Waals surface area (Å²) in [5.74, 6) is 1.89. The summed E-state index contributed by atoms with van der Waals surface area (Å²) in [6.07, 6.45) is 3.86. The third-order valence-electron chi connectivity index (χ3n) is 4.72. The molecule has 0 aliphatic heterocycles. The van der Waals surface area contributed by atoms with Gasteiger partial charge in [-0.3, -0.25) is 9.48 Å². The number of nitrogens with one attached hydrogen (secondary N) is 1. The molecule has 0 saturated carbocycles. The van der Waals surface area contributed by atoms with Gasteiger partial charge in [0.05, 0.1) is 20.1 Å². The molecule has 4 rings (SSSR count). The lowest BCUT2D eigenvalue weighted by molar-refractivity contribution is -0.115. The van der Waals surface area contributed by atoms with Crippen molar-refractivity contribution in [2.45, 2.75) is 19.9 Å². The van der Waals surface area contributed by atoms with Crippen LogP contribution in [0.15, 0.2) is 71.4 Å². The normalized spacial score (nSPS) is 10.7. The van der Waals surface area contributed by atoms with E-state index in [1.165, 1.54) is 0 Å². The maximum atomic E-state index is 12.4. The van der Waals surface area contributed by atoms with Crippen LogP contribution in [0.4, 0.5) is 5.69 Å². The summed E-state index contributed by atoms with van der Waals surface area (Å²) in [5.41, 5.74) is 3.23. The summed E-state index contributed by atoms with van der Waals surface area (Å²) in [6, 6.07) is 16.8. The molecule has 7 heteroatoms. The van der Waals surface area contributed by atoms with E-state index in [0.29, 0.717) is 23.9 Å². The van der Waals surface area contributed by atoms with Gasteiger partial charge in [0.2, 0.25) is 11.8 Å². The lowest BCUT2D eigenvalue weighted by Gasteiger charge is -2.09. The van der Waals surface area contributed by atoms with Crippen molar-refractivity contribution in [3.8, 4) is 17.2 Å². The summed E-state index contributed by atoms with van der Waals surface area (Å²) in [5, 5.41) is 7.11. The average molecular weight is 402 g/mol. The number of aromatic nitrogens is 3. The number of benzene rings is 2. The van der Waals surface area contributed by atoms with Crippen LogP contribution in [0, 0.1) is 6.92 Å². The molecule has 0 aliphatic rings. The summed E-state index contributed by atoms with van der Waals surface area (Å²) in [6.45, 7) is 2.45. The first-order chi connectivity index (χ1) is 14.6. The highest BCUT2D eigenvalue weighted by atomic mass is 16.5. The van der Waals surface area contributed by atoms with Crippen molar-refractivity contribution in [2.75, 3.05) is 12.4 Å². The third kappa shape index (κ3) is 4.41. The van der Waals surface area contributed by atoms with Gasteiger partial charge >= 0.3 is 0 Å². The minimum Gasteiger partial charge on any atom is -0.496 e. The summed E-state index contributed by atoms with van der Waals surface area (Å²) in [4.78, 5) is 17.0. The predicted octanol–water partition coefficient (Wildman–Crippen LogP) is 4.08. The lowest BCUT2D eigenvalue weighted by atomic mass is 10.1. The molecule has 0 bridgehead atoms. The summed E-state index contributed by atoms with van der Waals surface area (Å²) >= 11 is 0. The van der Waals surface area contributed by atoms with E-state index in [1.54, 1.807) is 18.0 Å². The smallest absolute Gasteiger partial charge is 0.228 e. The quantitative estimate of drug-likeness (QED) is 0.504. The Balaban J connectivity index is 1.42. The Bertz CT molecular complexity index is 1130. The Labute approximate surface area is 174 Å². The SMILES string of the molecule is COc1ccccc1CC(=O)Nc1ccc(-c2nc(Cn3cccn3)c(C)o2)cc1. The first-order valence-corrected chi connectivity index (χ1v) is 9.58. The number of carbonyl (C=O) groups excluding carboxylic acids is 1. The fourth-order valence-electron chi connectivity index (χ4n) is 3.17. The molecular weight excluding hydrogens is 380 g/mol. The van der Waals surface area contributed by atoms with E-state index in [-0.39, 0.29) is 12.3 Å². The summed E-state index contributed by atoms with van der Waals surface area (Å²) < 4.78 is 12.9. The van der Waals surface area contributed by atoms with Crippen LogP contribution in [0.2, 0.25) is 0 Å². The average Bonchev–Trinajstić information content (AvgIpc) is 3.39.